The van der Waals surface area contributed by atoms with E-state index >= 15 is 0 Å². The van der Waals surface area contributed by atoms with Crippen LogP contribution < -0.4 is 11.1 Å². The normalized spacial score (nSPS) is 27.5. The van der Waals surface area contributed by atoms with E-state index in [4.69, 9.17) is 22.1 Å². The van der Waals surface area contributed by atoms with Crippen LogP contribution in [0.1, 0.15) is 51.1 Å². The molecule has 0 aromatic carbocycles. The molecule has 1 heterocycles. The molecule has 0 aliphatic heterocycles. The summed E-state index contributed by atoms with van der Waals surface area (Å²) in [5, 5.41) is 4.15. The molecule has 4 nitrogen and oxygen atoms in total. The highest BCUT2D eigenvalue weighted by Gasteiger charge is 2.42. The van der Waals surface area contributed by atoms with E-state index in [9.17, 15) is 0 Å². The molecule has 1 aromatic rings. The van der Waals surface area contributed by atoms with E-state index < -0.39 is 0 Å². The minimum Gasteiger partial charge on any atom is -0.383 e. The summed E-state index contributed by atoms with van der Waals surface area (Å²) in [4.78, 5) is 4.21. The molecule has 118 valence electrons. The van der Waals surface area contributed by atoms with Gasteiger partial charge in [0, 0.05) is 18.9 Å². The molecule has 21 heavy (non-hydrogen) atoms. The van der Waals surface area contributed by atoms with Gasteiger partial charge in [0.05, 0.1) is 16.7 Å². The molecule has 0 saturated heterocycles. The third-order valence-electron chi connectivity index (χ3n) is 4.69. The zero-order chi connectivity index (χ0) is 15.5. The van der Waals surface area contributed by atoms with Gasteiger partial charge in [-0.15, -0.1) is 0 Å². The topological polar surface area (TPSA) is 60.2 Å². The monoisotopic (exact) mass is 311 g/mol. The molecule has 0 amide bonds. The number of ether oxygens (including phenoxy) is 1. The van der Waals surface area contributed by atoms with Gasteiger partial charge in [-0.25, -0.2) is 4.98 Å². The molecule has 1 aromatic heterocycles. The molecule has 2 rings (SSSR count). The van der Waals surface area contributed by atoms with Gasteiger partial charge in [-0.3, -0.25) is 0 Å². The SMILES string of the molecule is CCNC(c1cc(Cl)cnc1N)C1(OC)CCC(C)CC1. The number of methoxy groups -OCH3 is 1. The molecule has 0 bridgehead atoms. The Morgan fingerprint density at radius 2 is 2.19 bits per heavy atom. The second kappa shape index (κ2) is 6.95. The van der Waals surface area contributed by atoms with Crippen LogP contribution in [0.15, 0.2) is 12.3 Å². The Hall–Kier alpha value is -0.840. The summed E-state index contributed by atoms with van der Waals surface area (Å²) in [6, 6.07) is 1.93. The number of aromatic nitrogens is 1. The zero-order valence-electron chi connectivity index (χ0n) is 13.2. The highest BCUT2D eigenvalue weighted by Crippen LogP contribution is 2.44. The average molecular weight is 312 g/mol. The third kappa shape index (κ3) is 3.50. The number of hydrogen-bond acceptors (Lipinski definition) is 4. The number of pyridine rings is 1. The van der Waals surface area contributed by atoms with Crippen LogP contribution in [0, 0.1) is 5.92 Å². The van der Waals surface area contributed by atoms with Crippen molar-refractivity contribution in [1.29, 1.82) is 0 Å². The predicted octanol–water partition coefficient (Wildman–Crippen LogP) is 3.56. The predicted molar refractivity (Wildman–Crippen MR) is 87.4 cm³/mol. The number of nitrogens with two attached hydrogens (primary N) is 1. The van der Waals surface area contributed by atoms with Gasteiger partial charge in [-0.2, -0.15) is 0 Å². The first kappa shape index (κ1) is 16.5. The molecule has 1 fully saturated rings. The molecule has 0 radical (unpaired) electrons. The van der Waals surface area contributed by atoms with Gasteiger partial charge in [-0.1, -0.05) is 25.4 Å². The Bertz CT molecular complexity index is 473. The van der Waals surface area contributed by atoms with Gasteiger partial charge in [0.1, 0.15) is 5.82 Å². The van der Waals surface area contributed by atoms with Crippen LogP contribution in [0.25, 0.3) is 0 Å². The van der Waals surface area contributed by atoms with E-state index in [0.29, 0.717) is 10.8 Å². The number of rotatable bonds is 5. The fourth-order valence-electron chi connectivity index (χ4n) is 3.34. The molecule has 1 saturated carbocycles. The van der Waals surface area contributed by atoms with E-state index in [2.05, 4.69) is 24.1 Å². The summed E-state index contributed by atoms with van der Waals surface area (Å²) >= 11 is 6.13. The number of halogens is 1. The second-order valence-corrected chi connectivity index (χ2v) is 6.51. The number of hydrogen-bond donors (Lipinski definition) is 2. The minimum absolute atomic E-state index is 0.0196. The number of anilines is 1. The first-order chi connectivity index (χ1) is 10.0. The zero-order valence-corrected chi connectivity index (χ0v) is 13.9. The first-order valence-corrected chi connectivity index (χ1v) is 8.09. The van der Waals surface area contributed by atoms with Crippen molar-refractivity contribution < 1.29 is 4.74 Å². The Labute approximate surface area is 132 Å². The Morgan fingerprint density at radius 1 is 1.52 bits per heavy atom. The van der Waals surface area contributed by atoms with Crippen LogP contribution in [-0.4, -0.2) is 24.2 Å². The van der Waals surface area contributed by atoms with Crippen LogP contribution in [-0.2, 0) is 4.74 Å². The Balaban J connectivity index is 2.38. The van der Waals surface area contributed by atoms with Crippen molar-refractivity contribution in [2.75, 3.05) is 19.4 Å². The van der Waals surface area contributed by atoms with Crippen molar-refractivity contribution in [3.63, 3.8) is 0 Å². The van der Waals surface area contributed by atoms with Crippen molar-refractivity contribution in [1.82, 2.24) is 10.3 Å². The van der Waals surface area contributed by atoms with Gasteiger partial charge in [0.15, 0.2) is 0 Å². The number of nitrogens with one attached hydrogen (secondary N) is 1. The van der Waals surface area contributed by atoms with E-state index in [0.717, 1.165) is 30.9 Å². The summed E-state index contributed by atoms with van der Waals surface area (Å²) in [5.41, 5.74) is 6.81. The summed E-state index contributed by atoms with van der Waals surface area (Å²) in [6.07, 6.45) is 5.97. The standard InChI is InChI=1S/C16H26ClN3O/c1-4-19-14(13-9-12(17)10-20-15(13)18)16(21-3)7-5-11(2)6-8-16/h9-11,14,19H,4-8H2,1-3H3,(H2,18,20). The fourth-order valence-corrected chi connectivity index (χ4v) is 3.51. The third-order valence-corrected chi connectivity index (χ3v) is 4.90. The minimum atomic E-state index is -0.233. The number of nitrogen functional groups attached to an aromatic ring is 1. The lowest BCUT2D eigenvalue weighted by atomic mass is 9.73. The smallest absolute Gasteiger partial charge is 0.128 e. The van der Waals surface area contributed by atoms with Crippen molar-refractivity contribution in [3.05, 3.63) is 22.8 Å². The van der Waals surface area contributed by atoms with Crippen LogP contribution in [0.2, 0.25) is 5.02 Å². The van der Waals surface area contributed by atoms with E-state index in [1.54, 1.807) is 13.3 Å². The average Bonchev–Trinajstić information content (AvgIpc) is 2.49. The number of nitrogens with zero attached hydrogens (tertiary/aromatic N) is 1. The molecule has 0 spiro atoms. The maximum atomic E-state index is 6.13. The second-order valence-electron chi connectivity index (χ2n) is 6.07. The highest BCUT2D eigenvalue weighted by atomic mass is 35.5. The summed E-state index contributed by atoms with van der Waals surface area (Å²) < 4.78 is 6.00. The molecule has 1 aliphatic rings. The number of likely N-dealkylation sites (N-methyl/N-ethyl adjacent to an activating group) is 1. The lowest BCUT2D eigenvalue weighted by molar-refractivity contribution is -0.0756. The quantitative estimate of drug-likeness (QED) is 0.873. The van der Waals surface area contributed by atoms with Gasteiger partial charge >= 0.3 is 0 Å². The Kier molecular flexibility index (Phi) is 5.47. The van der Waals surface area contributed by atoms with Crippen LogP contribution in [0.3, 0.4) is 0 Å². The molecule has 1 unspecified atom stereocenters. The molecule has 1 aliphatic carbocycles. The van der Waals surface area contributed by atoms with Crippen LogP contribution >= 0.6 is 11.6 Å². The molecular formula is C16H26ClN3O. The van der Waals surface area contributed by atoms with Gasteiger partial charge in [0.25, 0.3) is 0 Å². The van der Waals surface area contributed by atoms with Crippen molar-refractivity contribution in [2.45, 2.75) is 51.2 Å². The van der Waals surface area contributed by atoms with Crippen LogP contribution in [0.4, 0.5) is 5.82 Å². The summed E-state index contributed by atoms with van der Waals surface area (Å²) in [6.45, 7) is 5.24. The van der Waals surface area contributed by atoms with Gasteiger partial charge in [0.2, 0.25) is 0 Å². The highest BCUT2D eigenvalue weighted by molar-refractivity contribution is 6.30. The summed E-state index contributed by atoms with van der Waals surface area (Å²) in [7, 11) is 1.80. The maximum Gasteiger partial charge on any atom is 0.128 e. The fraction of sp³-hybridized carbons (Fsp3) is 0.688. The van der Waals surface area contributed by atoms with Crippen molar-refractivity contribution >= 4 is 17.4 Å². The lowest BCUT2D eigenvalue weighted by Crippen LogP contribution is -2.48. The lowest BCUT2D eigenvalue weighted by Gasteiger charge is -2.44. The molecular weight excluding hydrogens is 286 g/mol. The van der Waals surface area contributed by atoms with Crippen molar-refractivity contribution in [2.24, 2.45) is 5.92 Å². The molecule has 3 N–H and O–H groups in total. The van der Waals surface area contributed by atoms with Crippen LogP contribution in [0.5, 0.6) is 0 Å². The largest absolute Gasteiger partial charge is 0.383 e. The summed E-state index contributed by atoms with van der Waals surface area (Å²) in [5.74, 6) is 1.28. The Morgan fingerprint density at radius 3 is 2.76 bits per heavy atom. The van der Waals surface area contributed by atoms with Crippen molar-refractivity contribution in [3.8, 4) is 0 Å². The first-order valence-electron chi connectivity index (χ1n) is 7.72. The molecule has 1 atom stereocenters. The van der Waals surface area contributed by atoms with E-state index in [-0.39, 0.29) is 11.6 Å². The maximum absolute atomic E-state index is 6.13. The van der Waals surface area contributed by atoms with E-state index in [1.165, 1.54) is 12.8 Å². The van der Waals surface area contributed by atoms with E-state index in [1.807, 2.05) is 6.07 Å². The molecule has 5 heteroatoms. The van der Waals surface area contributed by atoms with Gasteiger partial charge < -0.3 is 15.8 Å². The van der Waals surface area contributed by atoms with Gasteiger partial charge in [-0.05, 0) is 44.2 Å².